The second-order valence-electron chi connectivity index (χ2n) is 10.8. The number of ketones is 1. The SMILES string of the molecule is CC.CN(C)c1ccc2c(c1)C(C)(C)c1cc(N(C)C)cc(/C=C/CCCC(=O)ON3C(=O)CCC3=O)c1C2=O. The van der Waals surface area contributed by atoms with E-state index in [2.05, 4.69) is 26.0 Å². The Kier molecular flexibility index (Phi) is 9.56. The zero-order valence-corrected chi connectivity index (χ0v) is 25.0. The molecule has 1 heterocycles. The Labute approximate surface area is 237 Å². The molecule has 4 rings (SSSR count). The highest BCUT2D eigenvalue weighted by Crippen LogP contribution is 2.45. The van der Waals surface area contributed by atoms with Gasteiger partial charge in [-0.1, -0.05) is 39.8 Å². The number of amides is 2. The van der Waals surface area contributed by atoms with Crippen molar-refractivity contribution in [2.45, 2.75) is 65.2 Å². The topological polar surface area (TPSA) is 87.2 Å². The van der Waals surface area contributed by atoms with Crippen LogP contribution >= 0.6 is 0 Å². The van der Waals surface area contributed by atoms with E-state index in [0.717, 1.165) is 28.1 Å². The number of allylic oxidation sites excluding steroid dienone is 1. The third kappa shape index (κ3) is 6.11. The van der Waals surface area contributed by atoms with Gasteiger partial charge in [-0.2, -0.15) is 0 Å². The minimum absolute atomic E-state index is 0.00751. The van der Waals surface area contributed by atoms with Crippen molar-refractivity contribution in [3.63, 3.8) is 0 Å². The Morgan fingerprint density at radius 2 is 1.52 bits per heavy atom. The number of imide groups is 1. The first-order chi connectivity index (χ1) is 18.9. The van der Waals surface area contributed by atoms with Gasteiger partial charge in [-0.15, -0.1) is 5.06 Å². The van der Waals surface area contributed by atoms with Gasteiger partial charge in [-0.3, -0.25) is 14.4 Å². The van der Waals surface area contributed by atoms with Crippen LogP contribution in [0, 0.1) is 0 Å². The molecule has 2 amide bonds. The van der Waals surface area contributed by atoms with Gasteiger partial charge in [0, 0.05) is 75.4 Å². The summed E-state index contributed by atoms with van der Waals surface area (Å²) in [5, 5.41) is 0.573. The lowest BCUT2D eigenvalue weighted by Gasteiger charge is -2.36. The second kappa shape index (κ2) is 12.5. The summed E-state index contributed by atoms with van der Waals surface area (Å²) in [6.07, 6.45) is 5.15. The molecule has 0 radical (unpaired) electrons. The van der Waals surface area contributed by atoms with E-state index >= 15 is 0 Å². The van der Waals surface area contributed by atoms with Crippen molar-refractivity contribution in [1.82, 2.24) is 5.06 Å². The van der Waals surface area contributed by atoms with Crippen molar-refractivity contribution in [1.29, 1.82) is 0 Å². The van der Waals surface area contributed by atoms with Gasteiger partial charge in [0.1, 0.15) is 0 Å². The minimum atomic E-state index is -0.611. The fourth-order valence-electron chi connectivity index (χ4n) is 4.97. The fraction of sp³-hybridized carbons (Fsp3) is 0.438. The Bertz CT molecular complexity index is 1320. The summed E-state index contributed by atoms with van der Waals surface area (Å²) in [6.45, 7) is 8.32. The number of nitrogens with zero attached hydrogens (tertiary/aromatic N) is 3. The molecule has 1 fully saturated rings. The molecule has 1 aliphatic carbocycles. The van der Waals surface area contributed by atoms with E-state index in [0.29, 0.717) is 29.0 Å². The van der Waals surface area contributed by atoms with Crippen molar-refractivity contribution in [2.24, 2.45) is 0 Å². The van der Waals surface area contributed by atoms with E-state index in [1.165, 1.54) is 0 Å². The van der Waals surface area contributed by atoms with Crippen LogP contribution in [0.4, 0.5) is 11.4 Å². The Morgan fingerprint density at radius 1 is 0.925 bits per heavy atom. The average molecular weight is 548 g/mol. The summed E-state index contributed by atoms with van der Waals surface area (Å²) in [6, 6.07) is 10.1. The first kappa shape index (κ1) is 30.6. The normalized spacial score (nSPS) is 15.4. The molecule has 214 valence electrons. The van der Waals surface area contributed by atoms with Gasteiger partial charge >= 0.3 is 5.97 Å². The summed E-state index contributed by atoms with van der Waals surface area (Å²) >= 11 is 0. The molecule has 0 unspecified atom stereocenters. The molecule has 0 bridgehead atoms. The molecule has 0 aromatic heterocycles. The highest BCUT2D eigenvalue weighted by Gasteiger charge is 2.38. The maximum atomic E-state index is 13.8. The molecule has 0 spiro atoms. The van der Waals surface area contributed by atoms with Crippen LogP contribution in [0.25, 0.3) is 6.08 Å². The molecule has 2 aromatic rings. The number of anilines is 2. The van der Waals surface area contributed by atoms with Crippen LogP contribution in [-0.2, 0) is 24.6 Å². The predicted molar refractivity (Wildman–Crippen MR) is 159 cm³/mol. The Balaban J connectivity index is 0.00000216. The van der Waals surface area contributed by atoms with Crippen molar-refractivity contribution < 1.29 is 24.0 Å². The molecule has 1 aliphatic heterocycles. The van der Waals surface area contributed by atoms with Gasteiger partial charge in [-0.05, 0) is 59.9 Å². The largest absolute Gasteiger partial charge is 0.378 e. The van der Waals surface area contributed by atoms with Crippen LogP contribution in [-0.4, -0.2) is 56.8 Å². The van der Waals surface area contributed by atoms with Crippen LogP contribution < -0.4 is 9.80 Å². The summed E-state index contributed by atoms with van der Waals surface area (Å²) in [7, 11) is 7.94. The molecule has 40 heavy (non-hydrogen) atoms. The molecule has 8 heteroatoms. The van der Waals surface area contributed by atoms with Crippen molar-refractivity contribution in [3.05, 3.63) is 64.2 Å². The quantitative estimate of drug-likeness (QED) is 0.318. The number of carbonyl (C=O) groups is 4. The summed E-state index contributed by atoms with van der Waals surface area (Å²) in [5.74, 6) is -1.57. The van der Waals surface area contributed by atoms with E-state index in [9.17, 15) is 19.2 Å². The number of hydrogen-bond acceptors (Lipinski definition) is 7. The third-order valence-electron chi connectivity index (χ3n) is 7.26. The molecule has 0 N–H and O–H groups in total. The van der Waals surface area contributed by atoms with Crippen LogP contribution in [0.15, 0.2) is 36.4 Å². The third-order valence-corrected chi connectivity index (χ3v) is 7.26. The molecular weight excluding hydrogens is 506 g/mol. The fourth-order valence-corrected chi connectivity index (χ4v) is 4.97. The van der Waals surface area contributed by atoms with Gasteiger partial charge < -0.3 is 14.6 Å². The Morgan fingerprint density at radius 3 is 2.12 bits per heavy atom. The number of hydrogen-bond donors (Lipinski definition) is 0. The van der Waals surface area contributed by atoms with Crippen LogP contribution in [0.5, 0.6) is 0 Å². The zero-order valence-electron chi connectivity index (χ0n) is 25.0. The molecule has 2 aliphatic rings. The number of carbonyl (C=O) groups excluding carboxylic acids is 4. The van der Waals surface area contributed by atoms with E-state index in [-0.39, 0.29) is 30.5 Å². The first-order valence-electron chi connectivity index (χ1n) is 13.9. The summed E-state index contributed by atoms with van der Waals surface area (Å²) in [5.41, 5.74) is 5.92. The predicted octanol–water partition coefficient (Wildman–Crippen LogP) is 5.51. The second-order valence-corrected chi connectivity index (χ2v) is 10.8. The smallest absolute Gasteiger partial charge is 0.333 e. The van der Waals surface area contributed by atoms with Crippen LogP contribution in [0.2, 0.25) is 0 Å². The summed E-state index contributed by atoms with van der Waals surface area (Å²) < 4.78 is 0. The van der Waals surface area contributed by atoms with Gasteiger partial charge in [0.25, 0.3) is 11.8 Å². The molecule has 2 aromatic carbocycles. The minimum Gasteiger partial charge on any atom is -0.378 e. The number of hydroxylamine groups is 2. The molecule has 0 atom stereocenters. The van der Waals surface area contributed by atoms with Crippen molar-refractivity contribution in [3.8, 4) is 0 Å². The van der Waals surface area contributed by atoms with Gasteiger partial charge in [0.15, 0.2) is 5.78 Å². The lowest BCUT2D eigenvalue weighted by molar-refractivity contribution is -0.197. The standard InChI is InChI=1S/C30H35N3O5.C2H6/c1-30(2)23-17-20(31(3)4)12-13-22(23)29(37)28-19(16-21(32(5)6)18-24(28)30)10-8-7-9-11-27(36)38-33-25(34)14-15-26(33)35;1-2/h8,10,12-13,16-18H,7,9,11,14-15H2,1-6H3;1-2H3/b10-8+;. The van der Waals surface area contributed by atoms with Crippen LogP contribution in [0.1, 0.15) is 92.4 Å². The lowest BCUT2D eigenvalue weighted by Crippen LogP contribution is -2.32. The zero-order chi connectivity index (χ0) is 29.8. The first-order valence-corrected chi connectivity index (χ1v) is 13.9. The maximum Gasteiger partial charge on any atom is 0.333 e. The lowest BCUT2D eigenvalue weighted by atomic mass is 9.67. The van der Waals surface area contributed by atoms with E-state index < -0.39 is 17.8 Å². The maximum absolute atomic E-state index is 13.8. The van der Waals surface area contributed by atoms with E-state index in [1.807, 2.05) is 82.2 Å². The van der Waals surface area contributed by atoms with Gasteiger partial charge in [-0.25, -0.2) is 4.79 Å². The highest BCUT2D eigenvalue weighted by molar-refractivity contribution is 6.15. The van der Waals surface area contributed by atoms with Crippen molar-refractivity contribution >= 4 is 41.0 Å². The number of fused-ring (bicyclic) bond motifs is 2. The Hall–Kier alpha value is -3.94. The van der Waals surface area contributed by atoms with E-state index in [4.69, 9.17) is 4.84 Å². The average Bonchev–Trinajstić information content (AvgIpc) is 3.24. The summed E-state index contributed by atoms with van der Waals surface area (Å²) in [4.78, 5) is 58.1. The highest BCUT2D eigenvalue weighted by atomic mass is 16.7. The van der Waals surface area contributed by atoms with Gasteiger partial charge in [0.2, 0.25) is 0 Å². The van der Waals surface area contributed by atoms with Gasteiger partial charge in [0.05, 0.1) is 0 Å². The number of rotatable bonds is 8. The monoisotopic (exact) mass is 547 g/mol. The number of unbranched alkanes of at least 4 members (excludes halogenated alkanes) is 1. The number of benzene rings is 2. The molecule has 1 saturated heterocycles. The van der Waals surface area contributed by atoms with E-state index in [1.54, 1.807) is 0 Å². The van der Waals surface area contributed by atoms with Crippen molar-refractivity contribution in [2.75, 3.05) is 38.0 Å². The van der Waals surface area contributed by atoms with Crippen LogP contribution in [0.3, 0.4) is 0 Å². The molecule has 8 nitrogen and oxygen atoms in total. The molecule has 0 saturated carbocycles. The molecular formula is C32H41N3O5.